The molecule has 10 rings (SSSR count). The van der Waals surface area contributed by atoms with E-state index in [1.54, 1.807) is 6.07 Å². The number of benzene rings is 4. The molecule has 2 bridgehead atoms. The molecule has 0 radical (unpaired) electrons. The topological polar surface area (TPSA) is 102 Å². The highest BCUT2D eigenvalue weighted by Gasteiger charge is 2.48. The number of imide groups is 2. The second-order valence-corrected chi connectivity index (χ2v) is 16.9. The number of alkyl halides is 1. The summed E-state index contributed by atoms with van der Waals surface area (Å²) in [6.45, 7) is 6.77. The normalized spacial score (nSPS) is 22.8. The van der Waals surface area contributed by atoms with Gasteiger partial charge in [0.1, 0.15) is 18.4 Å². The van der Waals surface area contributed by atoms with E-state index in [1.165, 1.54) is 35.1 Å². The Labute approximate surface area is 350 Å². The molecule has 304 valence electrons. The summed E-state index contributed by atoms with van der Waals surface area (Å²) < 4.78 is 6.27. The average molecular weight is 812 g/mol. The van der Waals surface area contributed by atoms with Crippen molar-refractivity contribution >= 4 is 52.1 Å². The number of allylic oxidation sites excluding steroid dienone is 1. The number of fused-ring (bicyclic) bond motifs is 3. The van der Waals surface area contributed by atoms with Crippen molar-refractivity contribution in [2.75, 3.05) is 56.7 Å². The molecule has 4 aromatic carbocycles. The highest BCUT2D eigenvalue weighted by Crippen LogP contribution is 2.40. The van der Waals surface area contributed by atoms with Crippen molar-refractivity contribution in [1.29, 1.82) is 0 Å². The summed E-state index contributed by atoms with van der Waals surface area (Å²) in [5.41, 5.74) is 7.55. The van der Waals surface area contributed by atoms with Crippen molar-refractivity contribution < 1.29 is 23.9 Å². The summed E-state index contributed by atoms with van der Waals surface area (Å²) in [7, 11) is 0. The van der Waals surface area contributed by atoms with Crippen LogP contribution in [0.25, 0.3) is 11.1 Å². The van der Waals surface area contributed by atoms with Crippen LogP contribution in [0.3, 0.4) is 0 Å². The van der Waals surface area contributed by atoms with E-state index in [2.05, 4.69) is 92.8 Å². The molecule has 3 unspecified atom stereocenters. The van der Waals surface area contributed by atoms with Gasteiger partial charge in [-0.1, -0.05) is 72.8 Å². The van der Waals surface area contributed by atoms with Gasteiger partial charge in [-0.25, -0.2) is 0 Å². The molecule has 4 amide bonds. The second kappa shape index (κ2) is 17.1. The molecule has 5 saturated heterocycles. The highest BCUT2D eigenvalue weighted by molar-refractivity contribution is 6.23. The molecule has 6 heterocycles. The van der Waals surface area contributed by atoms with E-state index < -0.39 is 23.8 Å². The van der Waals surface area contributed by atoms with Crippen LogP contribution in [0.5, 0.6) is 5.75 Å². The monoisotopic (exact) mass is 811 g/mol. The predicted octanol–water partition coefficient (Wildman–Crippen LogP) is 6.73. The van der Waals surface area contributed by atoms with E-state index in [0.717, 1.165) is 74.0 Å². The number of hydrogen-bond donors (Lipinski definition) is 1. The number of rotatable bonds is 13. The number of nitrogens with zero attached hydrogens (tertiary/aromatic N) is 4. The lowest BCUT2D eigenvalue weighted by molar-refractivity contribution is -0.136. The third kappa shape index (κ3) is 8.06. The van der Waals surface area contributed by atoms with Crippen LogP contribution in [0.15, 0.2) is 103 Å². The Morgan fingerprint density at radius 3 is 2.07 bits per heavy atom. The standard InChI is InChI=1S/C48H50ClN5O5/c49-22-19-40(33-7-3-1-4-8-33)45(34-9-5-2-6-10-34)35-11-14-39(15-12-35)59-26-25-51-23-20-32(21-24-51)29-52-30-37-27-38(31-52)53(37)36-13-16-41-42(28-36)48(58)54(47(41)57)43-17-18-44(55)50-46(43)56/h1-16,28,32,37-38,43H,17-27,29-31H2,(H,50,55,56). The minimum absolute atomic E-state index is 0.107. The number of piperazine rings is 1. The van der Waals surface area contributed by atoms with Gasteiger partial charge in [0.05, 0.1) is 11.1 Å². The smallest absolute Gasteiger partial charge is 0.262 e. The largest absolute Gasteiger partial charge is 0.492 e. The molecule has 0 saturated carbocycles. The molecule has 11 heteroatoms. The number of anilines is 1. The van der Waals surface area contributed by atoms with E-state index in [-0.39, 0.29) is 18.7 Å². The van der Waals surface area contributed by atoms with Gasteiger partial charge >= 0.3 is 0 Å². The first-order valence-corrected chi connectivity index (χ1v) is 21.6. The SMILES string of the molecule is O=C1CCC(N2C(=O)c3ccc(N4C5CC4CN(CC4CCN(CCOc6ccc(C(=C(CCCl)c7ccccc7)c7ccccc7)cc6)CC4)C5)cc3C2=O)C(=O)N1. The molecule has 5 fully saturated rings. The van der Waals surface area contributed by atoms with Gasteiger partial charge in [-0.15, -0.1) is 11.6 Å². The van der Waals surface area contributed by atoms with Crippen LogP contribution in [-0.4, -0.2) is 108 Å². The third-order valence-electron chi connectivity index (χ3n) is 12.9. The van der Waals surface area contributed by atoms with E-state index in [1.807, 2.05) is 24.3 Å². The number of ether oxygens (including phenoxy) is 1. The lowest BCUT2D eigenvalue weighted by Gasteiger charge is -2.58. The van der Waals surface area contributed by atoms with Gasteiger partial charge in [0, 0.05) is 56.3 Å². The van der Waals surface area contributed by atoms with E-state index in [4.69, 9.17) is 16.3 Å². The lowest BCUT2D eigenvalue weighted by atomic mass is 9.85. The second-order valence-electron chi connectivity index (χ2n) is 16.5. The maximum atomic E-state index is 13.4. The average Bonchev–Trinajstić information content (AvgIpc) is 3.50. The molecule has 59 heavy (non-hydrogen) atoms. The van der Waals surface area contributed by atoms with Crippen LogP contribution in [0.1, 0.15) is 75.9 Å². The fourth-order valence-corrected chi connectivity index (χ4v) is 10.1. The maximum Gasteiger partial charge on any atom is 0.262 e. The summed E-state index contributed by atoms with van der Waals surface area (Å²) >= 11 is 6.35. The van der Waals surface area contributed by atoms with Crippen LogP contribution in [0.2, 0.25) is 0 Å². The number of nitrogens with one attached hydrogen (secondary N) is 1. The summed E-state index contributed by atoms with van der Waals surface area (Å²) in [4.78, 5) is 59.4. The Balaban J connectivity index is 0.744. The molecule has 1 N–H and O–H groups in total. The first-order valence-electron chi connectivity index (χ1n) is 21.1. The number of halogens is 1. The minimum Gasteiger partial charge on any atom is -0.492 e. The Morgan fingerprint density at radius 2 is 1.39 bits per heavy atom. The number of carbonyl (C=O) groups excluding carboxylic acids is 4. The number of piperidine rings is 3. The summed E-state index contributed by atoms with van der Waals surface area (Å²) in [5.74, 6) is 0.199. The number of likely N-dealkylation sites (tertiary alicyclic amines) is 1. The zero-order chi connectivity index (χ0) is 40.5. The van der Waals surface area contributed by atoms with Crippen molar-refractivity contribution in [3.63, 3.8) is 0 Å². The van der Waals surface area contributed by atoms with E-state index in [9.17, 15) is 19.2 Å². The van der Waals surface area contributed by atoms with Crippen LogP contribution < -0.4 is 15.0 Å². The van der Waals surface area contributed by atoms with Gasteiger partial charge in [-0.3, -0.25) is 39.2 Å². The zero-order valence-electron chi connectivity index (χ0n) is 33.2. The van der Waals surface area contributed by atoms with E-state index in [0.29, 0.717) is 41.6 Å². The molecule has 0 aliphatic carbocycles. The van der Waals surface area contributed by atoms with Gasteiger partial charge in [0.25, 0.3) is 11.8 Å². The predicted molar refractivity (Wildman–Crippen MR) is 229 cm³/mol. The van der Waals surface area contributed by atoms with E-state index >= 15 is 0 Å². The molecule has 0 spiro atoms. The Bertz CT molecular complexity index is 2230. The quantitative estimate of drug-likeness (QED) is 0.0902. The van der Waals surface area contributed by atoms with Gasteiger partial charge in [-0.05, 0) is 109 Å². The van der Waals surface area contributed by atoms with Crippen molar-refractivity contribution in [2.24, 2.45) is 5.92 Å². The molecule has 0 aromatic heterocycles. The van der Waals surface area contributed by atoms with Crippen molar-refractivity contribution in [1.82, 2.24) is 20.0 Å². The van der Waals surface area contributed by atoms with Gasteiger partial charge in [0.2, 0.25) is 11.8 Å². The molecule has 3 atom stereocenters. The van der Waals surface area contributed by atoms with Crippen LogP contribution >= 0.6 is 11.6 Å². The number of hydrogen-bond acceptors (Lipinski definition) is 8. The Hall–Kier alpha value is -5.29. The van der Waals surface area contributed by atoms with Crippen molar-refractivity contribution in [3.05, 3.63) is 131 Å². The first kappa shape index (κ1) is 39.2. The fourth-order valence-electron chi connectivity index (χ4n) is 9.92. The third-order valence-corrected chi connectivity index (χ3v) is 13.1. The number of amides is 4. The molecule has 6 aliphatic heterocycles. The molecule has 6 aliphatic rings. The van der Waals surface area contributed by atoms with Crippen LogP contribution in [-0.2, 0) is 9.59 Å². The number of carbonyl (C=O) groups is 4. The maximum absolute atomic E-state index is 13.4. The zero-order valence-corrected chi connectivity index (χ0v) is 34.0. The first-order chi connectivity index (χ1) is 28.8. The highest BCUT2D eigenvalue weighted by atomic mass is 35.5. The molecular formula is C48H50ClN5O5. The molecule has 4 aromatic rings. The van der Waals surface area contributed by atoms with Gasteiger partial charge in [-0.2, -0.15) is 0 Å². The molecule has 10 nitrogen and oxygen atoms in total. The van der Waals surface area contributed by atoms with Crippen molar-refractivity contribution in [2.45, 2.75) is 56.7 Å². The summed E-state index contributed by atoms with van der Waals surface area (Å²) in [6, 6.07) is 34.8. The Kier molecular flexibility index (Phi) is 11.4. The molecular weight excluding hydrogens is 762 g/mol. The van der Waals surface area contributed by atoms with Crippen LogP contribution in [0.4, 0.5) is 5.69 Å². The summed E-state index contributed by atoms with van der Waals surface area (Å²) in [5, 5.41) is 2.27. The summed E-state index contributed by atoms with van der Waals surface area (Å²) in [6.07, 6.45) is 4.50. The van der Waals surface area contributed by atoms with Gasteiger partial charge in [0.15, 0.2) is 0 Å². The Morgan fingerprint density at radius 1 is 0.729 bits per heavy atom. The van der Waals surface area contributed by atoms with Gasteiger partial charge < -0.3 is 9.64 Å². The fraction of sp³-hybridized carbons (Fsp3) is 0.375. The lowest BCUT2D eigenvalue weighted by Crippen LogP contribution is -2.69. The van der Waals surface area contributed by atoms with Crippen molar-refractivity contribution in [3.8, 4) is 5.75 Å². The minimum atomic E-state index is -0.955. The van der Waals surface area contributed by atoms with Crippen LogP contribution in [0, 0.1) is 5.92 Å².